The highest BCUT2D eigenvalue weighted by molar-refractivity contribution is 6.07. The molecule has 0 fully saturated rings. The highest BCUT2D eigenvalue weighted by Gasteiger charge is 2.18. The lowest BCUT2D eigenvalue weighted by molar-refractivity contribution is -0.117. The molecule has 3 aromatic carbocycles. The van der Waals surface area contributed by atoms with Crippen LogP contribution in [0.3, 0.4) is 0 Å². The maximum Gasteiger partial charge on any atom is 0.258 e. The highest BCUT2D eigenvalue weighted by Crippen LogP contribution is 2.22. The zero-order valence-corrected chi connectivity index (χ0v) is 19.3. The summed E-state index contributed by atoms with van der Waals surface area (Å²) in [7, 11) is 0. The van der Waals surface area contributed by atoms with Crippen molar-refractivity contribution < 1.29 is 9.59 Å². The fraction of sp³-hybridized carbons (Fsp3) is 0.286. The van der Waals surface area contributed by atoms with Gasteiger partial charge in [-0.25, -0.2) is 0 Å². The molecule has 1 atom stereocenters. The fourth-order valence-corrected chi connectivity index (χ4v) is 3.75. The molecule has 4 heteroatoms. The molecule has 3 aromatic rings. The van der Waals surface area contributed by atoms with Crippen LogP contribution in [0, 0.1) is 5.92 Å². The van der Waals surface area contributed by atoms with Gasteiger partial charge in [0.1, 0.15) is 0 Å². The van der Waals surface area contributed by atoms with Crippen molar-refractivity contribution in [2.24, 2.45) is 5.92 Å². The van der Waals surface area contributed by atoms with E-state index < -0.39 is 0 Å². The second-order valence-corrected chi connectivity index (χ2v) is 8.52. The maximum atomic E-state index is 13.1. The first-order valence-electron chi connectivity index (χ1n) is 11.3. The molecule has 1 unspecified atom stereocenters. The standard InChI is InChI=1S/C28H32N2O2/c1-5-30(26-12-7-6-8-13-26)28(32)24-10-9-11-25(19-24)29-27(31)21(4)23-16-14-22(15-17-23)18-20(2)3/h6-17,19-21H,5,18H2,1-4H3,(H,29,31). The molecule has 4 nitrogen and oxygen atoms in total. The summed E-state index contributed by atoms with van der Waals surface area (Å²) in [6.45, 7) is 8.80. The third-order valence-corrected chi connectivity index (χ3v) is 5.52. The van der Waals surface area contributed by atoms with Crippen LogP contribution in [-0.2, 0) is 11.2 Å². The summed E-state index contributed by atoms with van der Waals surface area (Å²) in [6.07, 6.45) is 1.03. The molecule has 166 valence electrons. The molecular weight excluding hydrogens is 396 g/mol. The average Bonchev–Trinajstić information content (AvgIpc) is 2.80. The SMILES string of the molecule is CCN(C(=O)c1cccc(NC(=O)C(C)c2ccc(CC(C)C)cc2)c1)c1ccccc1. The lowest BCUT2D eigenvalue weighted by atomic mass is 9.96. The predicted octanol–water partition coefficient (Wildman–Crippen LogP) is 6.29. The molecule has 32 heavy (non-hydrogen) atoms. The van der Waals surface area contributed by atoms with E-state index in [0.717, 1.165) is 17.7 Å². The van der Waals surface area contributed by atoms with Gasteiger partial charge in [0.05, 0.1) is 5.92 Å². The Kier molecular flexibility index (Phi) is 7.82. The molecule has 0 aliphatic carbocycles. The summed E-state index contributed by atoms with van der Waals surface area (Å²) in [5, 5.41) is 2.97. The maximum absolute atomic E-state index is 13.1. The second-order valence-electron chi connectivity index (χ2n) is 8.52. The monoisotopic (exact) mass is 428 g/mol. The second kappa shape index (κ2) is 10.8. The minimum absolute atomic E-state index is 0.0939. The van der Waals surface area contributed by atoms with E-state index in [0.29, 0.717) is 23.7 Å². The van der Waals surface area contributed by atoms with Crippen LogP contribution in [0.1, 0.15) is 55.1 Å². The number of hydrogen-bond donors (Lipinski definition) is 1. The van der Waals surface area contributed by atoms with Crippen LogP contribution in [0.5, 0.6) is 0 Å². The summed E-state index contributed by atoms with van der Waals surface area (Å²) in [5.41, 5.74) is 4.27. The van der Waals surface area contributed by atoms with Crippen LogP contribution in [0.2, 0.25) is 0 Å². The van der Waals surface area contributed by atoms with E-state index in [9.17, 15) is 9.59 Å². The zero-order valence-electron chi connectivity index (χ0n) is 19.3. The number of hydrogen-bond acceptors (Lipinski definition) is 2. The Balaban J connectivity index is 1.71. The number of anilines is 2. The van der Waals surface area contributed by atoms with Gasteiger partial charge in [0.25, 0.3) is 5.91 Å². The Morgan fingerprint density at radius 2 is 1.56 bits per heavy atom. The van der Waals surface area contributed by atoms with Crippen LogP contribution < -0.4 is 10.2 Å². The number of nitrogens with one attached hydrogen (secondary N) is 1. The summed E-state index contributed by atoms with van der Waals surface area (Å²) < 4.78 is 0. The van der Waals surface area contributed by atoms with Crippen molar-refractivity contribution in [1.82, 2.24) is 0 Å². The number of amides is 2. The van der Waals surface area contributed by atoms with Gasteiger partial charge in [0.15, 0.2) is 0 Å². The van der Waals surface area contributed by atoms with Crippen molar-refractivity contribution in [2.45, 2.75) is 40.0 Å². The number of rotatable bonds is 8. The highest BCUT2D eigenvalue weighted by atomic mass is 16.2. The van der Waals surface area contributed by atoms with E-state index in [2.05, 4.69) is 31.3 Å². The predicted molar refractivity (Wildman–Crippen MR) is 132 cm³/mol. The Labute approximate surface area is 191 Å². The zero-order chi connectivity index (χ0) is 23.1. The van der Waals surface area contributed by atoms with Gasteiger partial charge in [-0.3, -0.25) is 9.59 Å². The number of carbonyl (C=O) groups excluding carboxylic acids is 2. The largest absolute Gasteiger partial charge is 0.326 e. The number of nitrogens with zero attached hydrogens (tertiary/aromatic N) is 1. The molecule has 0 saturated heterocycles. The van der Waals surface area contributed by atoms with Crippen molar-refractivity contribution in [3.05, 3.63) is 95.6 Å². The summed E-state index contributed by atoms with van der Waals surface area (Å²) in [6, 6.07) is 25.0. The lowest BCUT2D eigenvalue weighted by Gasteiger charge is -2.21. The first-order chi connectivity index (χ1) is 15.4. The fourth-order valence-electron chi connectivity index (χ4n) is 3.75. The van der Waals surface area contributed by atoms with Gasteiger partial charge >= 0.3 is 0 Å². The van der Waals surface area contributed by atoms with Crippen molar-refractivity contribution in [3.8, 4) is 0 Å². The Morgan fingerprint density at radius 1 is 0.875 bits per heavy atom. The number of benzene rings is 3. The molecule has 0 bridgehead atoms. The first kappa shape index (κ1) is 23.3. The molecule has 3 rings (SSSR count). The minimum Gasteiger partial charge on any atom is -0.326 e. The van der Waals surface area contributed by atoms with E-state index in [-0.39, 0.29) is 17.7 Å². The van der Waals surface area contributed by atoms with Gasteiger partial charge in [0.2, 0.25) is 5.91 Å². The number of para-hydroxylation sites is 1. The summed E-state index contributed by atoms with van der Waals surface area (Å²) in [5.74, 6) is 0.117. The molecule has 0 radical (unpaired) electrons. The molecule has 0 aromatic heterocycles. The smallest absolute Gasteiger partial charge is 0.258 e. The van der Waals surface area contributed by atoms with Crippen molar-refractivity contribution in [1.29, 1.82) is 0 Å². The van der Waals surface area contributed by atoms with Crippen molar-refractivity contribution in [3.63, 3.8) is 0 Å². The molecule has 2 amide bonds. The molecule has 0 heterocycles. The van der Waals surface area contributed by atoms with Gasteiger partial charge < -0.3 is 10.2 Å². The van der Waals surface area contributed by atoms with E-state index in [1.54, 1.807) is 23.1 Å². The first-order valence-corrected chi connectivity index (χ1v) is 11.3. The van der Waals surface area contributed by atoms with E-state index >= 15 is 0 Å². The third kappa shape index (κ3) is 5.85. The van der Waals surface area contributed by atoms with Gasteiger partial charge in [-0.1, -0.05) is 62.4 Å². The van der Waals surface area contributed by atoms with E-state index in [1.807, 2.05) is 62.4 Å². The normalized spacial score (nSPS) is 11.8. The number of carbonyl (C=O) groups is 2. The Hall–Kier alpha value is -3.40. The van der Waals surface area contributed by atoms with Crippen LogP contribution in [0.25, 0.3) is 0 Å². The minimum atomic E-state index is -0.293. The van der Waals surface area contributed by atoms with Crippen molar-refractivity contribution >= 4 is 23.2 Å². The molecule has 0 saturated carbocycles. The van der Waals surface area contributed by atoms with Crippen LogP contribution >= 0.6 is 0 Å². The Bertz CT molecular complexity index is 1040. The lowest BCUT2D eigenvalue weighted by Crippen LogP contribution is -2.30. The molecular formula is C28H32N2O2. The van der Waals surface area contributed by atoms with Gasteiger partial charge in [0, 0.05) is 23.5 Å². The molecule has 0 aliphatic heterocycles. The topological polar surface area (TPSA) is 49.4 Å². The Morgan fingerprint density at radius 3 is 2.19 bits per heavy atom. The molecule has 1 N–H and O–H groups in total. The summed E-state index contributed by atoms with van der Waals surface area (Å²) >= 11 is 0. The van der Waals surface area contributed by atoms with Gasteiger partial charge in [-0.15, -0.1) is 0 Å². The molecule has 0 spiro atoms. The average molecular weight is 429 g/mol. The van der Waals surface area contributed by atoms with Gasteiger partial charge in [-0.05, 0) is 67.6 Å². The van der Waals surface area contributed by atoms with Crippen molar-refractivity contribution in [2.75, 3.05) is 16.8 Å². The van der Waals surface area contributed by atoms with Gasteiger partial charge in [-0.2, -0.15) is 0 Å². The quantitative estimate of drug-likeness (QED) is 0.458. The van der Waals surface area contributed by atoms with Crippen LogP contribution in [0.15, 0.2) is 78.9 Å². The van der Waals surface area contributed by atoms with Crippen LogP contribution in [-0.4, -0.2) is 18.4 Å². The third-order valence-electron chi connectivity index (χ3n) is 5.52. The van der Waals surface area contributed by atoms with Crippen LogP contribution in [0.4, 0.5) is 11.4 Å². The van der Waals surface area contributed by atoms with E-state index in [4.69, 9.17) is 0 Å². The summed E-state index contributed by atoms with van der Waals surface area (Å²) in [4.78, 5) is 27.7. The van der Waals surface area contributed by atoms with E-state index in [1.165, 1.54) is 5.56 Å². The molecule has 0 aliphatic rings.